The van der Waals surface area contributed by atoms with Gasteiger partial charge in [0.15, 0.2) is 5.65 Å². The molecular weight excluding hydrogens is 288 g/mol. The van der Waals surface area contributed by atoms with Gasteiger partial charge in [0.05, 0.1) is 11.6 Å². The summed E-state index contributed by atoms with van der Waals surface area (Å²) in [7, 11) is 0. The third-order valence-electron chi connectivity index (χ3n) is 3.10. The van der Waals surface area contributed by atoms with E-state index >= 15 is 0 Å². The first kappa shape index (κ1) is 13.6. The number of hydrogen-bond donors (Lipinski definition) is 3. The molecule has 3 rings (SSSR count). The van der Waals surface area contributed by atoms with Gasteiger partial charge in [0.1, 0.15) is 5.82 Å². The number of nitrogens with one attached hydrogen (secondary N) is 3. The standard InChI is InChI=1S/C14H15ClN6/c1-3-16-14-19-12(10-7-17-21-13(10)20-14)18-11-6-9(15)5-4-8(11)2/h4-7H,3H2,1-2H3,(H3,16,17,18,19,20,21). The molecule has 2 aromatic heterocycles. The summed E-state index contributed by atoms with van der Waals surface area (Å²) in [6, 6.07) is 5.70. The van der Waals surface area contributed by atoms with Crippen molar-refractivity contribution in [2.75, 3.05) is 17.2 Å². The fourth-order valence-corrected chi connectivity index (χ4v) is 2.20. The van der Waals surface area contributed by atoms with Crippen LogP contribution in [0.3, 0.4) is 0 Å². The van der Waals surface area contributed by atoms with Crippen molar-refractivity contribution in [3.05, 3.63) is 35.0 Å². The molecular formula is C14H15ClN6. The monoisotopic (exact) mass is 302 g/mol. The van der Waals surface area contributed by atoms with Crippen LogP contribution in [0.1, 0.15) is 12.5 Å². The Bertz CT molecular complexity index is 782. The molecule has 0 spiro atoms. The SMILES string of the molecule is CCNc1nc(Nc2cc(Cl)ccc2C)c2cn[nH]c2n1. The molecule has 21 heavy (non-hydrogen) atoms. The third kappa shape index (κ3) is 2.75. The molecule has 0 atom stereocenters. The molecule has 7 heteroatoms. The summed E-state index contributed by atoms with van der Waals surface area (Å²) in [5, 5.41) is 14.8. The van der Waals surface area contributed by atoms with Crippen molar-refractivity contribution in [3.8, 4) is 0 Å². The van der Waals surface area contributed by atoms with Crippen molar-refractivity contribution >= 4 is 40.1 Å². The maximum atomic E-state index is 6.06. The second-order valence-electron chi connectivity index (χ2n) is 4.64. The van der Waals surface area contributed by atoms with Gasteiger partial charge in [-0.2, -0.15) is 15.1 Å². The fourth-order valence-electron chi connectivity index (χ4n) is 2.02. The van der Waals surface area contributed by atoms with Crippen LogP contribution in [-0.2, 0) is 0 Å². The van der Waals surface area contributed by atoms with Crippen LogP contribution in [0, 0.1) is 6.92 Å². The second-order valence-corrected chi connectivity index (χ2v) is 5.08. The van der Waals surface area contributed by atoms with E-state index in [4.69, 9.17) is 11.6 Å². The number of rotatable bonds is 4. The average Bonchev–Trinajstić information content (AvgIpc) is 2.92. The van der Waals surface area contributed by atoms with Gasteiger partial charge in [-0.05, 0) is 31.5 Å². The molecule has 0 aliphatic heterocycles. The number of H-pyrrole nitrogens is 1. The zero-order valence-corrected chi connectivity index (χ0v) is 12.5. The zero-order chi connectivity index (χ0) is 14.8. The van der Waals surface area contributed by atoms with Crippen molar-refractivity contribution < 1.29 is 0 Å². The minimum absolute atomic E-state index is 0.552. The van der Waals surface area contributed by atoms with Gasteiger partial charge in [0.25, 0.3) is 0 Å². The molecule has 0 amide bonds. The van der Waals surface area contributed by atoms with Crippen LogP contribution >= 0.6 is 11.6 Å². The molecule has 0 unspecified atom stereocenters. The molecule has 2 heterocycles. The molecule has 0 radical (unpaired) electrons. The van der Waals surface area contributed by atoms with Gasteiger partial charge in [-0.15, -0.1) is 0 Å². The van der Waals surface area contributed by atoms with Gasteiger partial charge in [-0.25, -0.2) is 0 Å². The maximum Gasteiger partial charge on any atom is 0.226 e. The van der Waals surface area contributed by atoms with Gasteiger partial charge in [-0.3, -0.25) is 5.10 Å². The molecule has 3 aromatic rings. The number of halogens is 1. The number of aromatic nitrogens is 4. The minimum atomic E-state index is 0.552. The number of fused-ring (bicyclic) bond motifs is 1. The lowest BCUT2D eigenvalue weighted by Crippen LogP contribution is -2.05. The first-order valence-corrected chi connectivity index (χ1v) is 7.03. The normalized spacial score (nSPS) is 10.8. The lowest BCUT2D eigenvalue weighted by Gasteiger charge is -2.11. The third-order valence-corrected chi connectivity index (χ3v) is 3.33. The summed E-state index contributed by atoms with van der Waals surface area (Å²) in [5.74, 6) is 1.24. The first-order chi connectivity index (χ1) is 10.2. The Labute approximate surface area is 127 Å². The topological polar surface area (TPSA) is 78.5 Å². The van der Waals surface area contributed by atoms with E-state index < -0.39 is 0 Å². The number of hydrogen-bond acceptors (Lipinski definition) is 5. The first-order valence-electron chi connectivity index (χ1n) is 6.65. The summed E-state index contributed by atoms with van der Waals surface area (Å²) < 4.78 is 0. The van der Waals surface area contributed by atoms with Crippen molar-refractivity contribution in [3.63, 3.8) is 0 Å². The average molecular weight is 303 g/mol. The van der Waals surface area contributed by atoms with Gasteiger partial charge >= 0.3 is 0 Å². The van der Waals surface area contributed by atoms with Crippen molar-refractivity contribution in [1.82, 2.24) is 20.2 Å². The predicted molar refractivity (Wildman–Crippen MR) is 85.3 cm³/mol. The van der Waals surface area contributed by atoms with Crippen LogP contribution in [-0.4, -0.2) is 26.7 Å². The van der Waals surface area contributed by atoms with Gasteiger partial charge in [0, 0.05) is 17.3 Å². The molecule has 0 saturated heterocycles. The van der Waals surface area contributed by atoms with Crippen LogP contribution in [0.4, 0.5) is 17.5 Å². The molecule has 3 N–H and O–H groups in total. The van der Waals surface area contributed by atoms with E-state index in [-0.39, 0.29) is 0 Å². The quantitative estimate of drug-likeness (QED) is 0.687. The molecule has 0 saturated carbocycles. The molecule has 0 bridgehead atoms. The van der Waals surface area contributed by atoms with Crippen LogP contribution in [0.15, 0.2) is 24.4 Å². The lowest BCUT2D eigenvalue weighted by atomic mass is 10.2. The van der Waals surface area contributed by atoms with Crippen LogP contribution in [0.2, 0.25) is 5.02 Å². The van der Waals surface area contributed by atoms with Crippen LogP contribution in [0.25, 0.3) is 11.0 Å². The molecule has 0 aliphatic carbocycles. The molecule has 6 nitrogen and oxygen atoms in total. The summed E-state index contributed by atoms with van der Waals surface area (Å²) in [4.78, 5) is 8.85. The van der Waals surface area contributed by atoms with E-state index in [2.05, 4.69) is 30.8 Å². The number of anilines is 3. The molecule has 108 valence electrons. The second kappa shape index (κ2) is 5.57. The smallest absolute Gasteiger partial charge is 0.226 e. The van der Waals surface area contributed by atoms with Crippen molar-refractivity contribution in [1.29, 1.82) is 0 Å². The van der Waals surface area contributed by atoms with E-state index in [1.807, 2.05) is 32.0 Å². The lowest BCUT2D eigenvalue weighted by molar-refractivity contribution is 1.07. The predicted octanol–water partition coefficient (Wildman–Crippen LogP) is 3.49. The Morgan fingerprint density at radius 1 is 1.29 bits per heavy atom. The Balaban J connectivity index is 2.06. The number of nitrogens with zero attached hydrogens (tertiary/aromatic N) is 3. The highest BCUT2D eigenvalue weighted by Crippen LogP contribution is 2.27. The summed E-state index contributed by atoms with van der Waals surface area (Å²) in [5.41, 5.74) is 2.67. The maximum absolute atomic E-state index is 6.06. The van der Waals surface area contributed by atoms with Crippen LogP contribution < -0.4 is 10.6 Å². The Hall–Kier alpha value is -2.34. The van der Waals surface area contributed by atoms with E-state index in [9.17, 15) is 0 Å². The van der Waals surface area contributed by atoms with Gasteiger partial charge < -0.3 is 10.6 Å². The van der Waals surface area contributed by atoms with Crippen molar-refractivity contribution in [2.24, 2.45) is 0 Å². The Morgan fingerprint density at radius 3 is 2.95 bits per heavy atom. The number of aryl methyl sites for hydroxylation is 1. The number of benzene rings is 1. The van der Waals surface area contributed by atoms with Gasteiger partial charge in [-0.1, -0.05) is 17.7 Å². The van der Waals surface area contributed by atoms with E-state index in [1.54, 1.807) is 6.20 Å². The molecule has 0 fully saturated rings. The molecule has 0 aliphatic rings. The highest BCUT2D eigenvalue weighted by Gasteiger charge is 2.10. The zero-order valence-electron chi connectivity index (χ0n) is 11.7. The van der Waals surface area contributed by atoms with Gasteiger partial charge in [0.2, 0.25) is 5.95 Å². The highest BCUT2D eigenvalue weighted by molar-refractivity contribution is 6.30. The molecule has 1 aromatic carbocycles. The fraction of sp³-hybridized carbons (Fsp3) is 0.214. The van der Waals surface area contributed by atoms with E-state index in [0.29, 0.717) is 22.4 Å². The number of aromatic amines is 1. The summed E-state index contributed by atoms with van der Waals surface area (Å²) in [6.07, 6.45) is 1.70. The highest BCUT2D eigenvalue weighted by atomic mass is 35.5. The van der Waals surface area contributed by atoms with E-state index in [1.165, 1.54) is 0 Å². The van der Waals surface area contributed by atoms with E-state index in [0.717, 1.165) is 23.2 Å². The minimum Gasteiger partial charge on any atom is -0.354 e. The summed E-state index contributed by atoms with van der Waals surface area (Å²) in [6.45, 7) is 4.75. The summed E-state index contributed by atoms with van der Waals surface area (Å²) >= 11 is 6.06. The Morgan fingerprint density at radius 2 is 2.14 bits per heavy atom. The van der Waals surface area contributed by atoms with Crippen molar-refractivity contribution in [2.45, 2.75) is 13.8 Å². The Kier molecular flexibility index (Phi) is 3.62. The largest absolute Gasteiger partial charge is 0.354 e. The van der Waals surface area contributed by atoms with Crippen LogP contribution in [0.5, 0.6) is 0 Å².